The lowest BCUT2D eigenvalue weighted by atomic mass is 10.1. The van der Waals surface area contributed by atoms with Gasteiger partial charge < -0.3 is 15.2 Å². The molecule has 0 aliphatic heterocycles. The number of carboxylic acids is 1. The van der Waals surface area contributed by atoms with Crippen molar-refractivity contribution in [1.82, 2.24) is 10.3 Å². The van der Waals surface area contributed by atoms with Crippen LogP contribution < -0.4 is 10.1 Å². The van der Waals surface area contributed by atoms with Gasteiger partial charge in [-0.25, -0.2) is 9.78 Å². The topological polar surface area (TPSA) is 88.5 Å². The van der Waals surface area contributed by atoms with E-state index in [0.29, 0.717) is 12.2 Å². The number of aromatic nitrogens is 1. The van der Waals surface area contributed by atoms with Gasteiger partial charge in [-0.15, -0.1) is 0 Å². The summed E-state index contributed by atoms with van der Waals surface area (Å²) in [5.74, 6) is -1.22. The molecular weight excluding hydrogens is 272 g/mol. The van der Waals surface area contributed by atoms with E-state index in [1.807, 2.05) is 20.8 Å². The Bertz CT molecular complexity index is 488. The van der Waals surface area contributed by atoms with Crippen LogP contribution in [0.3, 0.4) is 0 Å². The first kappa shape index (κ1) is 16.9. The molecule has 0 radical (unpaired) electrons. The van der Waals surface area contributed by atoms with E-state index in [9.17, 15) is 9.59 Å². The van der Waals surface area contributed by atoms with Crippen molar-refractivity contribution in [2.24, 2.45) is 0 Å². The van der Waals surface area contributed by atoms with Crippen molar-refractivity contribution < 1.29 is 19.4 Å². The van der Waals surface area contributed by atoms with Crippen molar-refractivity contribution in [2.45, 2.75) is 52.2 Å². The largest absolute Gasteiger partial charge is 0.489 e. The van der Waals surface area contributed by atoms with E-state index in [1.165, 1.54) is 6.20 Å². The molecule has 0 fully saturated rings. The second kappa shape index (κ2) is 8.24. The summed E-state index contributed by atoms with van der Waals surface area (Å²) in [7, 11) is 0. The van der Waals surface area contributed by atoms with Crippen LogP contribution in [0.1, 0.15) is 50.5 Å². The molecule has 0 saturated heterocycles. The number of carboxylic acid groups (broad SMARTS) is 1. The Morgan fingerprint density at radius 3 is 2.71 bits per heavy atom. The quantitative estimate of drug-likeness (QED) is 0.767. The lowest BCUT2D eigenvalue weighted by molar-refractivity contribution is -0.139. The average molecular weight is 294 g/mol. The van der Waals surface area contributed by atoms with Crippen LogP contribution in [0.15, 0.2) is 18.3 Å². The highest BCUT2D eigenvalue weighted by atomic mass is 16.5. The standard InChI is InChI=1S/C15H22N2O4/c1-4-5-7-11(15(19)20)17-14(18)13-12(21-10(2)3)8-6-9-16-13/h6,8-11H,4-5,7H2,1-3H3,(H,17,18)(H,19,20)/t11-/m0/s1. The number of amides is 1. The Morgan fingerprint density at radius 2 is 2.14 bits per heavy atom. The number of carbonyl (C=O) groups excluding carboxylic acids is 1. The third-order valence-corrected chi connectivity index (χ3v) is 2.80. The van der Waals surface area contributed by atoms with Gasteiger partial charge in [0.25, 0.3) is 5.91 Å². The molecular formula is C15H22N2O4. The predicted octanol–water partition coefficient (Wildman–Crippen LogP) is 2.24. The van der Waals surface area contributed by atoms with E-state index in [1.54, 1.807) is 12.1 Å². The van der Waals surface area contributed by atoms with Gasteiger partial charge in [-0.3, -0.25) is 4.79 Å². The first-order valence-corrected chi connectivity index (χ1v) is 7.11. The molecule has 116 valence electrons. The van der Waals surface area contributed by atoms with Gasteiger partial charge in [0.1, 0.15) is 6.04 Å². The van der Waals surface area contributed by atoms with E-state index in [0.717, 1.165) is 12.8 Å². The maximum absolute atomic E-state index is 12.2. The third kappa shape index (κ3) is 5.41. The van der Waals surface area contributed by atoms with Crippen molar-refractivity contribution in [2.75, 3.05) is 0 Å². The monoisotopic (exact) mass is 294 g/mol. The van der Waals surface area contributed by atoms with E-state index in [2.05, 4.69) is 10.3 Å². The number of nitrogens with zero attached hydrogens (tertiary/aromatic N) is 1. The molecule has 1 heterocycles. The van der Waals surface area contributed by atoms with Gasteiger partial charge in [-0.2, -0.15) is 0 Å². The van der Waals surface area contributed by atoms with Crippen molar-refractivity contribution in [3.05, 3.63) is 24.0 Å². The molecule has 21 heavy (non-hydrogen) atoms. The normalized spacial score (nSPS) is 12.0. The number of hydrogen-bond donors (Lipinski definition) is 2. The van der Waals surface area contributed by atoms with Crippen LogP contribution >= 0.6 is 0 Å². The minimum atomic E-state index is -1.04. The summed E-state index contributed by atoms with van der Waals surface area (Å²) in [4.78, 5) is 27.4. The third-order valence-electron chi connectivity index (χ3n) is 2.80. The molecule has 0 bridgehead atoms. The summed E-state index contributed by atoms with van der Waals surface area (Å²) in [6.07, 6.45) is 3.37. The number of hydrogen-bond acceptors (Lipinski definition) is 4. The number of aliphatic carboxylic acids is 1. The zero-order valence-corrected chi connectivity index (χ0v) is 12.6. The fraction of sp³-hybridized carbons (Fsp3) is 0.533. The highest BCUT2D eigenvalue weighted by molar-refractivity contribution is 5.97. The molecule has 1 amide bonds. The number of unbranched alkanes of at least 4 members (excludes halogenated alkanes) is 1. The molecule has 0 spiro atoms. The first-order valence-electron chi connectivity index (χ1n) is 7.11. The minimum Gasteiger partial charge on any atom is -0.489 e. The molecule has 6 heteroatoms. The van der Waals surface area contributed by atoms with E-state index < -0.39 is 17.9 Å². The first-order chi connectivity index (χ1) is 9.95. The SMILES string of the molecule is CCCC[C@H](NC(=O)c1ncccc1OC(C)C)C(=O)O. The fourth-order valence-electron chi connectivity index (χ4n) is 1.80. The Labute approximate surface area is 124 Å². The maximum Gasteiger partial charge on any atom is 0.326 e. The predicted molar refractivity (Wildman–Crippen MR) is 78.4 cm³/mol. The second-order valence-corrected chi connectivity index (χ2v) is 5.02. The van der Waals surface area contributed by atoms with Crippen LogP contribution in [-0.2, 0) is 4.79 Å². The fourth-order valence-corrected chi connectivity index (χ4v) is 1.80. The molecule has 0 aromatic carbocycles. The molecule has 1 aromatic rings. The van der Waals surface area contributed by atoms with Gasteiger partial charge in [-0.1, -0.05) is 19.8 Å². The van der Waals surface area contributed by atoms with E-state index in [-0.39, 0.29) is 11.8 Å². The lowest BCUT2D eigenvalue weighted by Gasteiger charge is -2.16. The highest BCUT2D eigenvalue weighted by Gasteiger charge is 2.23. The van der Waals surface area contributed by atoms with Crippen molar-refractivity contribution >= 4 is 11.9 Å². The summed E-state index contributed by atoms with van der Waals surface area (Å²) in [5.41, 5.74) is 0.106. The van der Waals surface area contributed by atoms with Gasteiger partial charge in [-0.05, 0) is 32.4 Å². The van der Waals surface area contributed by atoms with E-state index >= 15 is 0 Å². The Balaban J connectivity index is 2.84. The zero-order chi connectivity index (χ0) is 15.8. The van der Waals surface area contributed by atoms with Crippen molar-refractivity contribution in [3.63, 3.8) is 0 Å². The van der Waals surface area contributed by atoms with Crippen molar-refractivity contribution in [1.29, 1.82) is 0 Å². The van der Waals surface area contributed by atoms with Crippen molar-refractivity contribution in [3.8, 4) is 5.75 Å². The molecule has 0 saturated carbocycles. The summed E-state index contributed by atoms with van der Waals surface area (Å²) >= 11 is 0. The molecule has 0 aliphatic rings. The number of ether oxygens (including phenoxy) is 1. The van der Waals surface area contributed by atoms with Crippen LogP contribution in [-0.4, -0.2) is 34.1 Å². The Morgan fingerprint density at radius 1 is 1.43 bits per heavy atom. The molecule has 6 nitrogen and oxygen atoms in total. The number of nitrogens with one attached hydrogen (secondary N) is 1. The molecule has 2 N–H and O–H groups in total. The van der Waals surface area contributed by atoms with Gasteiger partial charge >= 0.3 is 5.97 Å². The Hall–Kier alpha value is -2.11. The number of pyridine rings is 1. The average Bonchev–Trinajstić information content (AvgIpc) is 2.42. The molecule has 0 unspecified atom stereocenters. The molecule has 0 aliphatic carbocycles. The van der Waals surface area contributed by atoms with Crippen LogP contribution in [0.5, 0.6) is 5.75 Å². The van der Waals surface area contributed by atoms with Crippen LogP contribution in [0.25, 0.3) is 0 Å². The summed E-state index contributed by atoms with van der Waals surface area (Å²) < 4.78 is 5.52. The van der Waals surface area contributed by atoms with Gasteiger partial charge in [0.2, 0.25) is 0 Å². The number of carbonyl (C=O) groups is 2. The maximum atomic E-state index is 12.2. The van der Waals surface area contributed by atoms with Gasteiger partial charge in [0.15, 0.2) is 11.4 Å². The molecule has 1 rings (SSSR count). The van der Waals surface area contributed by atoms with Gasteiger partial charge in [0, 0.05) is 6.20 Å². The number of rotatable bonds is 8. The van der Waals surface area contributed by atoms with Gasteiger partial charge in [0.05, 0.1) is 6.10 Å². The van der Waals surface area contributed by atoms with E-state index in [4.69, 9.17) is 9.84 Å². The van der Waals surface area contributed by atoms with Crippen LogP contribution in [0.2, 0.25) is 0 Å². The zero-order valence-electron chi connectivity index (χ0n) is 12.6. The second-order valence-electron chi connectivity index (χ2n) is 5.02. The lowest BCUT2D eigenvalue weighted by Crippen LogP contribution is -2.41. The van der Waals surface area contributed by atoms with Crippen LogP contribution in [0, 0.1) is 0 Å². The molecule has 1 aromatic heterocycles. The smallest absolute Gasteiger partial charge is 0.326 e. The summed E-state index contributed by atoms with van der Waals surface area (Å²) in [6.45, 7) is 5.65. The molecule has 1 atom stereocenters. The summed E-state index contributed by atoms with van der Waals surface area (Å²) in [6, 6.07) is 2.40. The minimum absolute atomic E-state index is 0.101. The highest BCUT2D eigenvalue weighted by Crippen LogP contribution is 2.17. The summed E-state index contributed by atoms with van der Waals surface area (Å²) in [5, 5.41) is 11.6. The van der Waals surface area contributed by atoms with Crippen LogP contribution in [0.4, 0.5) is 0 Å². The Kier molecular flexibility index (Phi) is 6.65.